The van der Waals surface area contributed by atoms with Crippen LogP contribution in [0.1, 0.15) is 22.6 Å². The van der Waals surface area contributed by atoms with E-state index >= 15 is 0 Å². The molecule has 0 bridgehead atoms. The van der Waals surface area contributed by atoms with Gasteiger partial charge in [0.05, 0.1) is 24.8 Å². The second kappa shape index (κ2) is 6.09. The van der Waals surface area contributed by atoms with Gasteiger partial charge in [-0.05, 0) is 41.4 Å². The summed E-state index contributed by atoms with van der Waals surface area (Å²) in [7, 11) is 1.97. The summed E-state index contributed by atoms with van der Waals surface area (Å²) in [5, 5.41) is 12.1. The molecule has 3 rings (SSSR count). The first kappa shape index (κ1) is 13.8. The van der Waals surface area contributed by atoms with E-state index in [9.17, 15) is 0 Å². The highest BCUT2D eigenvalue weighted by molar-refractivity contribution is 5.70. The molecule has 3 heteroatoms. The van der Waals surface area contributed by atoms with E-state index in [2.05, 4.69) is 29.6 Å². The maximum absolute atomic E-state index is 8.91. The van der Waals surface area contributed by atoms with Gasteiger partial charge in [-0.3, -0.25) is 0 Å². The Morgan fingerprint density at radius 3 is 2.76 bits per heavy atom. The molecule has 0 aromatic heterocycles. The van der Waals surface area contributed by atoms with Crippen molar-refractivity contribution in [2.24, 2.45) is 0 Å². The standard InChI is InChI=1S/C18H18N2O/c1-20-10-15-11-21-12-18-16(3-2-4-17(15)18)14-7-5-13(9-19)6-8-14/h2-8,15,20H,10-12H2,1H3/t15-/m1/s1. The minimum atomic E-state index is 0.400. The lowest BCUT2D eigenvalue weighted by atomic mass is 9.87. The minimum absolute atomic E-state index is 0.400. The summed E-state index contributed by atoms with van der Waals surface area (Å²) in [6, 6.07) is 16.4. The van der Waals surface area contributed by atoms with Crippen LogP contribution in [0.4, 0.5) is 0 Å². The van der Waals surface area contributed by atoms with E-state index in [0.717, 1.165) is 18.7 Å². The third-order valence-electron chi connectivity index (χ3n) is 3.99. The van der Waals surface area contributed by atoms with Gasteiger partial charge in [0.2, 0.25) is 0 Å². The lowest BCUT2D eigenvalue weighted by Gasteiger charge is -2.27. The van der Waals surface area contributed by atoms with Gasteiger partial charge in [0.15, 0.2) is 0 Å². The number of hydrogen-bond donors (Lipinski definition) is 1. The van der Waals surface area contributed by atoms with Crippen molar-refractivity contribution in [3.05, 3.63) is 59.2 Å². The average molecular weight is 278 g/mol. The van der Waals surface area contributed by atoms with E-state index in [0.29, 0.717) is 18.1 Å². The molecule has 0 radical (unpaired) electrons. The fraction of sp³-hybridized carbons (Fsp3) is 0.278. The molecule has 3 nitrogen and oxygen atoms in total. The summed E-state index contributed by atoms with van der Waals surface area (Å²) < 4.78 is 5.78. The fourth-order valence-corrected chi connectivity index (χ4v) is 2.95. The van der Waals surface area contributed by atoms with Gasteiger partial charge in [0.1, 0.15) is 0 Å². The summed E-state index contributed by atoms with van der Waals surface area (Å²) in [6.07, 6.45) is 0. The first-order valence-corrected chi connectivity index (χ1v) is 7.18. The number of nitrogens with zero attached hydrogens (tertiary/aromatic N) is 1. The van der Waals surface area contributed by atoms with Crippen LogP contribution >= 0.6 is 0 Å². The number of ether oxygens (including phenoxy) is 1. The SMILES string of the molecule is CNC[C@@H]1COCc2c(-c3ccc(C#N)cc3)cccc21. The first-order chi connectivity index (χ1) is 10.3. The molecule has 0 amide bonds. The molecule has 21 heavy (non-hydrogen) atoms. The molecule has 0 fully saturated rings. The molecule has 1 atom stereocenters. The van der Waals surface area contributed by atoms with Crippen LogP contribution in [0.25, 0.3) is 11.1 Å². The molecular formula is C18H18N2O. The van der Waals surface area contributed by atoms with Crippen LogP contribution in [0.5, 0.6) is 0 Å². The number of likely N-dealkylation sites (N-methyl/N-ethyl adjacent to an activating group) is 1. The zero-order valence-corrected chi connectivity index (χ0v) is 12.1. The molecule has 1 N–H and O–H groups in total. The van der Waals surface area contributed by atoms with Crippen LogP contribution < -0.4 is 5.32 Å². The Balaban J connectivity index is 2.03. The molecule has 0 aliphatic carbocycles. The third-order valence-corrected chi connectivity index (χ3v) is 3.99. The Bertz CT molecular complexity index is 671. The van der Waals surface area contributed by atoms with Crippen LogP contribution in [0.3, 0.4) is 0 Å². The summed E-state index contributed by atoms with van der Waals surface area (Å²) in [6.45, 7) is 2.35. The summed E-state index contributed by atoms with van der Waals surface area (Å²) in [5.41, 5.74) is 5.68. The van der Waals surface area contributed by atoms with Crippen LogP contribution in [0.2, 0.25) is 0 Å². The van der Waals surface area contributed by atoms with Gasteiger partial charge in [-0.25, -0.2) is 0 Å². The lowest BCUT2D eigenvalue weighted by Crippen LogP contribution is -2.26. The van der Waals surface area contributed by atoms with Crippen LogP contribution in [0, 0.1) is 11.3 Å². The average Bonchev–Trinajstić information content (AvgIpc) is 2.55. The van der Waals surface area contributed by atoms with Crippen molar-refractivity contribution < 1.29 is 4.74 Å². The fourth-order valence-electron chi connectivity index (χ4n) is 2.95. The predicted octanol–water partition coefficient (Wildman–Crippen LogP) is 3.06. The van der Waals surface area contributed by atoms with Gasteiger partial charge >= 0.3 is 0 Å². The smallest absolute Gasteiger partial charge is 0.0991 e. The van der Waals surface area contributed by atoms with Gasteiger partial charge in [-0.15, -0.1) is 0 Å². The predicted molar refractivity (Wildman–Crippen MR) is 82.9 cm³/mol. The van der Waals surface area contributed by atoms with Gasteiger partial charge in [0.25, 0.3) is 0 Å². The van der Waals surface area contributed by atoms with Crippen molar-refractivity contribution in [1.29, 1.82) is 5.26 Å². The first-order valence-electron chi connectivity index (χ1n) is 7.18. The molecule has 1 aliphatic rings. The largest absolute Gasteiger partial charge is 0.376 e. The monoisotopic (exact) mass is 278 g/mol. The van der Waals surface area contributed by atoms with E-state index in [1.165, 1.54) is 16.7 Å². The van der Waals surface area contributed by atoms with Crippen molar-refractivity contribution in [3.63, 3.8) is 0 Å². The number of fused-ring (bicyclic) bond motifs is 1. The third kappa shape index (κ3) is 2.69. The highest BCUT2D eigenvalue weighted by Crippen LogP contribution is 2.34. The molecule has 1 heterocycles. The van der Waals surface area contributed by atoms with Gasteiger partial charge < -0.3 is 10.1 Å². The van der Waals surface area contributed by atoms with E-state index in [-0.39, 0.29) is 0 Å². The van der Waals surface area contributed by atoms with Crippen LogP contribution in [-0.4, -0.2) is 20.2 Å². The Labute approximate surface area is 125 Å². The number of hydrogen-bond acceptors (Lipinski definition) is 3. The van der Waals surface area contributed by atoms with Crippen molar-refractivity contribution >= 4 is 0 Å². The molecule has 106 valence electrons. The van der Waals surface area contributed by atoms with E-state index < -0.39 is 0 Å². The number of nitriles is 1. The van der Waals surface area contributed by atoms with Crippen molar-refractivity contribution in [2.45, 2.75) is 12.5 Å². The van der Waals surface area contributed by atoms with Crippen molar-refractivity contribution in [1.82, 2.24) is 5.32 Å². The minimum Gasteiger partial charge on any atom is -0.376 e. The lowest BCUT2D eigenvalue weighted by molar-refractivity contribution is 0.0915. The quantitative estimate of drug-likeness (QED) is 0.938. The Hall–Kier alpha value is -2.15. The van der Waals surface area contributed by atoms with Gasteiger partial charge in [0, 0.05) is 12.5 Å². The van der Waals surface area contributed by atoms with Gasteiger partial charge in [-0.1, -0.05) is 30.3 Å². The molecule has 2 aromatic carbocycles. The zero-order valence-electron chi connectivity index (χ0n) is 12.1. The molecule has 0 saturated heterocycles. The number of benzene rings is 2. The zero-order chi connectivity index (χ0) is 14.7. The van der Waals surface area contributed by atoms with E-state index in [1.807, 2.05) is 31.3 Å². The molecule has 1 aliphatic heterocycles. The molecular weight excluding hydrogens is 260 g/mol. The summed E-state index contributed by atoms with van der Waals surface area (Å²) in [5.74, 6) is 0.400. The number of rotatable bonds is 3. The second-order valence-electron chi connectivity index (χ2n) is 5.33. The van der Waals surface area contributed by atoms with E-state index in [1.54, 1.807) is 0 Å². The van der Waals surface area contributed by atoms with Crippen molar-refractivity contribution in [2.75, 3.05) is 20.2 Å². The normalized spacial score (nSPS) is 17.0. The van der Waals surface area contributed by atoms with Crippen molar-refractivity contribution in [3.8, 4) is 17.2 Å². The maximum Gasteiger partial charge on any atom is 0.0991 e. The Morgan fingerprint density at radius 1 is 1.24 bits per heavy atom. The second-order valence-corrected chi connectivity index (χ2v) is 5.33. The molecule has 2 aromatic rings. The van der Waals surface area contributed by atoms with Gasteiger partial charge in [-0.2, -0.15) is 5.26 Å². The highest BCUT2D eigenvalue weighted by Gasteiger charge is 2.22. The van der Waals surface area contributed by atoms with Crippen LogP contribution in [-0.2, 0) is 11.3 Å². The molecule has 0 saturated carbocycles. The topological polar surface area (TPSA) is 45.0 Å². The van der Waals surface area contributed by atoms with Crippen LogP contribution in [0.15, 0.2) is 42.5 Å². The molecule has 0 spiro atoms. The Kier molecular flexibility index (Phi) is 4.01. The maximum atomic E-state index is 8.91. The van der Waals surface area contributed by atoms with E-state index in [4.69, 9.17) is 10.00 Å². The number of nitrogens with one attached hydrogen (secondary N) is 1. The Morgan fingerprint density at radius 2 is 2.05 bits per heavy atom. The summed E-state index contributed by atoms with van der Waals surface area (Å²) >= 11 is 0. The highest BCUT2D eigenvalue weighted by atomic mass is 16.5. The molecule has 0 unspecified atom stereocenters. The summed E-state index contributed by atoms with van der Waals surface area (Å²) in [4.78, 5) is 0.